The number of hydrogen-bond acceptors (Lipinski definition) is 4. The first-order chi connectivity index (χ1) is 15.0. The number of H-pyrrole nitrogens is 1. The van der Waals surface area contributed by atoms with Gasteiger partial charge in [0.2, 0.25) is 0 Å². The maximum Gasteiger partial charge on any atom is 0.323 e. The fourth-order valence-corrected chi connectivity index (χ4v) is 3.08. The lowest BCUT2D eigenvalue weighted by Gasteiger charge is -2.10. The van der Waals surface area contributed by atoms with Crippen LogP contribution in [-0.4, -0.2) is 27.9 Å². The van der Waals surface area contributed by atoms with Crippen molar-refractivity contribution in [3.63, 3.8) is 0 Å². The van der Waals surface area contributed by atoms with Gasteiger partial charge in [-0.15, -0.1) is 0 Å². The van der Waals surface area contributed by atoms with Crippen molar-refractivity contribution in [2.45, 2.75) is 6.92 Å². The van der Waals surface area contributed by atoms with Gasteiger partial charge in [-0.3, -0.25) is 14.7 Å². The van der Waals surface area contributed by atoms with E-state index in [1.807, 2.05) is 24.3 Å². The van der Waals surface area contributed by atoms with Crippen LogP contribution in [0, 0.1) is 0 Å². The third-order valence-electron chi connectivity index (χ3n) is 4.61. The summed E-state index contributed by atoms with van der Waals surface area (Å²) in [5, 5.41) is 15.8. The quantitative estimate of drug-likeness (QED) is 0.356. The zero-order chi connectivity index (χ0) is 21.8. The number of nitrogens with zero attached hydrogens (tertiary/aromatic N) is 1. The molecule has 154 valence electrons. The molecule has 0 saturated carbocycles. The smallest absolute Gasteiger partial charge is 0.321 e. The van der Waals surface area contributed by atoms with Crippen molar-refractivity contribution in [2.24, 2.45) is 0 Å². The second-order valence-corrected chi connectivity index (χ2v) is 6.87. The summed E-state index contributed by atoms with van der Waals surface area (Å²) in [6, 6.07) is 20.3. The molecule has 1 aromatic heterocycles. The number of aromatic nitrogens is 2. The molecule has 0 radical (unpaired) electrons. The van der Waals surface area contributed by atoms with E-state index in [-0.39, 0.29) is 11.7 Å². The zero-order valence-electron chi connectivity index (χ0n) is 16.6. The minimum absolute atomic E-state index is 0.0438. The van der Waals surface area contributed by atoms with Crippen LogP contribution in [0.4, 0.5) is 21.9 Å². The maximum absolute atomic E-state index is 12.6. The van der Waals surface area contributed by atoms with Crippen LogP contribution in [0.25, 0.3) is 10.9 Å². The predicted octanol–water partition coefficient (Wildman–Crippen LogP) is 4.66. The van der Waals surface area contributed by atoms with E-state index in [1.54, 1.807) is 48.5 Å². The van der Waals surface area contributed by atoms with E-state index in [0.717, 1.165) is 10.9 Å². The molecule has 0 bridgehead atoms. The molecule has 0 aliphatic heterocycles. The van der Waals surface area contributed by atoms with Crippen LogP contribution in [0.5, 0.6) is 0 Å². The fraction of sp³-hybridized carbons (Fsp3) is 0.0435. The Morgan fingerprint density at radius 3 is 2.19 bits per heavy atom. The molecule has 1 heterocycles. The van der Waals surface area contributed by atoms with E-state index >= 15 is 0 Å². The van der Waals surface area contributed by atoms with Crippen molar-refractivity contribution in [3.05, 3.63) is 84.1 Å². The number of Topliss-reactive ketones (excluding diaryl/α,β-unsaturated/α-hetero) is 1. The lowest BCUT2D eigenvalue weighted by atomic mass is 10.1. The first kappa shape index (κ1) is 19.8. The largest absolute Gasteiger partial charge is 0.323 e. The van der Waals surface area contributed by atoms with Gasteiger partial charge in [0, 0.05) is 28.0 Å². The normalized spacial score (nSPS) is 10.5. The Bertz CT molecular complexity index is 1280. The highest BCUT2D eigenvalue weighted by Gasteiger charge is 2.14. The maximum atomic E-state index is 12.6. The number of amides is 3. The number of anilines is 3. The number of carbonyl (C=O) groups excluding carboxylic acids is 3. The zero-order valence-corrected chi connectivity index (χ0v) is 16.6. The molecule has 0 aliphatic carbocycles. The van der Waals surface area contributed by atoms with Crippen LogP contribution in [0.2, 0.25) is 0 Å². The molecule has 31 heavy (non-hydrogen) atoms. The van der Waals surface area contributed by atoms with E-state index in [1.165, 1.54) is 6.92 Å². The average molecular weight is 413 g/mol. The lowest BCUT2D eigenvalue weighted by molar-refractivity contribution is 0.101. The molecule has 0 unspecified atom stereocenters. The highest BCUT2D eigenvalue weighted by molar-refractivity contribution is 6.11. The Labute approximate surface area is 177 Å². The number of ketones is 1. The molecule has 0 atom stereocenters. The van der Waals surface area contributed by atoms with Crippen LogP contribution in [0.3, 0.4) is 0 Å². The average Bonchev–Trinajstić information content (AvgIpc) is 3.18. The second kappa shape index (κ2) is 8.50. The van der Waals surface area contributed by atoms with Crippen molar-refractivity contribution >= 4 is 45.7 Å². The molecule has 4 N–H and O–H groups in total. The Balaban J connectivity index is 1.41. The number of para-hydroxylation sites is 1. The van der Waals surface area contributed by atoms with Crippen LogP contribution in [0.1, 0.15) is 27.8 Å². The third kappa shape index (κ3) is 4.59. The second-order valence-electron chi connectivity index (χ2n) is 6.87. The highest BCUT2D eigenvalue weighted by Crippen LogP contribution is 2.19. The predicted molar refractivity (Wildman–Crippen MR) is 120 cm³/mol. The molecule has 0 saturated heterocycles. The molecule has 8 heteroatoms. The minimum atomic E-state index is -0.447. The van der Waals surface area contributed by atoms with Crippen LogP contribution in [-0.2, 0) is 0 Å². The third-order valence-corrected chi connectivity index (χ3v) is 4.61. The van der Waals surface area contributed by atoms with E-state index in [0.29, 0.717) is 28.3 Å². The number of rotatable bonds is 5. The van der Waals surface area contributed by atoms with Gasteiger partial charge in [-0.2, -0.15) is 5.10 Å². The summed E-state index contributed by atoms with van der Waals surface area (Å²) in [5.41, 5.74) is 3.21. The summed E-state index contributed by atoms with van der Waals surface area (Å²) in [6.45, 7) is 1.48. The van der Waals surface area contributed by atoms with E-state index < -0.39 is 6.03 Å². The van der Waals surface area contributed by atoms with Gasteiger partial charge in [0.25, 0.3) is 5.91 Å². The monoisotopic (exact) mass is 413 g/mol. The van der Waals surface area contributed by atoms with Crippen LogP contribution < -0.4 is 16.0 Å². The first-order valence-electron chi connectivity index (χ1n) is 9.53. The Morgan fingerprint density at radius 2 is 1.45 bits per heavy atom. The SMILES string of the molecule is CC(=O)c1ccc(NC(=O)Nc2cccc(NC(=O)c3n[nH]c4ccccc34)c2)cc1. The van der Waals surface area contributed by atoms with Gasteiger partial charge in [0.05, 0.1) is 5.52 Å². The van der Waals surface area contributed by atoms with E-state index in [2.05, 4.69) is 26.1 Å². The van der Waals surface area contributed by atoms with Gasteiger partial charge >= 0.3 is 6.03 Å². The summed E-state index contributed by atoms with van der Waals surface area (Å²) in [7, 11) is 0. The summed E-state index contributed by atoms with van der Waals surface area (Å²) < 4.78 is 0. The summed E-state index contributed by atoms with van der Waals surface area (Å²) in [6.07, 6.45) is 0. The molecule has 0 spiro atoms. The standard InChI is InChI=1S/C23H19N5O3/c1-14(29)15-9-11-16(12-10-15)25-23(31)26-18-6-4-5-17(13-18)24-22(30)21-19-7-2-3-8-20(19)27-28-21/h2-13H,1H3,(H,24,30)(H,27,28)(H2,25,26,31). The van der Waals surface area contributed by atoms with Gasteiger partial charge < -0.3 is 16.0 Å². The highest BCUT2D eigenvalue weighted by atomic mass is 16.2. The van der Waals surface area contributed by atoms with Crippen LogP contribution >= 0.6 is 0 Å². The number of nitrogens with one attached hydrogen (secondary N) is 4. The van der Waals surface area contributed by atoms with Crippen molar-refractivity contribution < 1.29 is 14.4 Å². The van der Waals surface area contributed by atoms with Crippen molar-refractivity contribution in [2.75, 3.05) is 16.0 Å². The van der Waals surface area contributed by atoms with Crippen molar-refractivity contribution in [1.29, 1.82) is 0 Å². The van der Waals surface area contributed by atoms with Crippen molar-refractivity contribution in [1.82, 2.24) is 10.2 Å². The Kier molecular flexibility index (Phi) is 5.44. The van der Waals surface area contributed by atoms with Gasteiger partial charge in [-0.05, 0) is 55.5 Å². The fourth-order valence-electron chi connectivity index (χ4n) is 3.08. The first-order valence-corrected chi connectivity index (χ1v) is 9.53. The van der Waals surface area contributed by atoms with E-state index in [9.17, 15) is 14.4 Å². The minimum Gasteiger partial charge on any atom is -0.321 e. The number of fused-ring (bicyclic) bond motifs is 1. The molecule has 0 fully saturated rings. The summed E-state index contributed by atoms with van der Waals surface area (Å²) >= 11 is 0. The molecular formula is C23H19N5O3. The Morgan fingerprint density at radius 1 is 0.774 bits per heavy atom. The summed E-state index contributed by atoms with van der Waals surface area (Å²) in [4.78, 5) is 36.2. The summed E-state index contributed by atoms with van der Waals surface area (Å²) in [5.74, 6) is -0.401. The van der Waals surface area contributed by atoms with Gasteiger partial charge in [-0.1, -0.05) is 24.3 Å². The number of urea groups is 1. The molecule has 8 nitrogen and oxygen atoms in total. The van der Waals surface area contributed by atoms with Gasteiger partial charge in [0.15, 0.2) is 11.5 Å². The molecule has 4 aromatic rings. The topological polar surface area (TPSA) is 116 Å². The van der Waals surface area contributed by atoms with Gasteiger partial charge in [0.1, 0.15) is 0 Å². The molecule has 3 amide bonds. The van der Waals surface area contributed by atoms with Crippen molar-refractivity contribution in [3.8, 4) is 0 Å². The number of aromatic amines is 1. The number of carbonyl (C=O) groups is 3. The lowest BCUT2D eigenvalue weighted by Crippen LogP contribution is -2.19. The Hall–Kier alpha value is -4.46. The molecule has 3 aromatic carbocycles. The van der Waals surface area contributed by atoms with Crippen LogP contribution in [0.15, 0.2) is 72.8 Å². The number of hydrogen-bond donors (Lipinski definition) is 4. The van der Waals surface area contributed by atoms with E-state index in [4.69, 9.17) is 0 Å². The van der Waals surface area contributed by atoms with Gasteiger partial charge in [-0.25, -0.2) is 4.79 Å². The molecule has 0 aliphatic rings. The number of benzene rings is 3. The molecule has 4 rings (SSSR count). The molecular weight excluding hydrogens is 394 g/mol.